The number of aromatic hydroxyl groups is 2. The van der Waals surface area contributed by atoms with Gasteiger partial charge in [-0.1, -0.05) is 48.5 Å². The molecule has 0 bridgehead atoms. The zero-order valence-electron chi connectivity index (χ0n) is 13.7. The predicted molar refractivity (Wildman–Crippen MR) is 87.7 cm³/mol. The summed E-state index contributed by atoms with van der Waals surface area (Å²) in [7, 11) is 0. The van der Waals surface area contributed by atoms with Crippen LogP contribution in [0.1, 0.15) is 23.6 Å². The van der Waals surface area contributed by atoms with E-state index in [0.29, 0.717) is 0 Å². The van der Waals surface area contributed by atoms with Gasteiger partial charge in [0.05, 0.1) is 0 Å². The maximum absolute atomic E-state index is 11.4. The van der Waals surface area contributed by atoms with Crippen molar-refractivity contribution in [2.75, 3.05) is 0 Å². The molecule has 116 valence electrons. The zero-order chi connectivity index (χ0) is 16.4. The van der Waals surface area contributed by atoms with Crippen LogP contribution >= 0.6 is 0 Å². The van der Waals surface area contributed by atoms with E-state index in [1.807, 2.05) is 36.4 Å². The fraction of sp³-hybridized carbons (Fsp3) is 0.100. The SMILES string of the molecule is CC(c1ccc([O-])cc1)(c1ccc(O)cc1)c1ccc(O)cc1.[K+]. The first-order chi connectivity index (χ1) is 11.0. The van der Waals surface area contributed by atoms with Crippen molar-refractivity contribution in [3.8, 4) is 17.2 Å². The summed E-state index contributed by atoms with van der Waals surface area (Å²) in [6.07, 6.45) is 0. The molecule has 3 aromatic rings. The summed E-state index contributed by atoms with van der Waals surface area (Å²) in [4.78, 5) is 0. The summed E-state index contributed by atoms with van der Waals surface area (Å²) in [5.41, 5.74) is 2.43. The molecule has 0 unspecified atom stereocenters. The average Bonchev–Trinajstić information content (AvgIpc) is 2.56. The predicted octanol–water partition coefficient (Wildman–Crippen LogP) is 0.530. The Labute approximate surface area is 184 Å². The maximum Gasteiger partial charge on any atom is 1.00 e. The van der Waals surface area contributed by atoms with Gasteiger partial charge in [0.2, 0.25) is 0 Å². The third kappa shape index (κ3) is 3.68. The molecule has 0 saturated carbocycles. The molecule has 0 atom stereocenters. The topological polar surface area (TPSA) is 63.5 Å². The fourth-order valence-electron chi connectivity index (χ4n) is 2.88. The first-order valence-electron chi connectivity index (χ1n) is 7.37. The van der Waals surface area contributed by atoms with Crippen LogP contribution in [-0.4, -0.2) is 10.2 Å². The molecule has 3 nitrogen and oxygen atoms in total. The molecule has 0 aliphatic heterocycles. The number of phenols is 2. The second-order valence-corrected chi connectivity index (χ2v) is 5.74. The Morgan fingerprint density at radius 2 is 0.917 bits per heavy atom. The van der Waals surface area contributed by atoms with Crippen molar-refractivity contribution >= 4 is 0 Å². The summed E-state index contributed by atoms with van der Waals surface area (Å²) >= 11 is 0. The molecule has 3 aromatic carbocycles. The van der Waals surface area contributed by atoms with Gasteiger partial charge in [-0.15, -0.1) is 5.75 Å². The summed E-state index contributed by atoms with van der Waals surface area (Å²) in [5.74, 6) is 0.376. The normalized spacial score (nSPS) is 10.9. The Kier molecular flexibility index (Phi) is 6.12. The van der Waals surface area contributed by atoms with Crippen molar-refractivity contribution in [2.24, 2.45) is 0 Å². The summed E-state index contributed by atoms with van der Waals surface area (Å²) < 4.78 is 0. The van der Waals surface area contributed by atoms with E-state index < -0.39 is 5.41 Å². The quantitative estimate of drug-likeness (QED) is 0.538. The molecule has 24 heavy (non-hydrogen) atoms. The van der Waals surface area contributed by atoms with Gasteiger partial charge in [0.25, 0.3) is 0 Å². The van der Waals surface area contributed by atoms with E-state index in [9.17, 15) is 15.3 Å². The van der Waals surface area contributed by atoms with Gasteiger partial charge in [-0.25, -0.2) is 0 Å². The zero-order valence-corrected chi connectivity index (χ0v) is 16.9. The minimum absolute atomic E-state index is 0. The number of rotatable bonds is 3. The Morgan fingerprint density at radius 1 is 0.625 bits per heavy atom. The molecule has 0 radical (unpaired) electrons. The first kappa shape index (κ1) is 19.0. The number of hydrogen-bond acceptors (Lipinski definition) is 3. The Bertz CT molecular complexity index is 683. The Morgan fingerprint density at radius 3 is 1.25 bits per heavy atom. The Balaban J connectivity index is 0.00000208. The smallest absolute Gasteiger partial charge is 0.872 e. The van der Waals surface area contributed by atoms with Crippen LogP contribution in [-0.2, 0) is 5.41 Å². The molecule has 4 heteroatoms. The molecule has 0 spiro atoms. The van der Waals surface area contributed by atoms with Gasteiger partial charge in [0.15, 0.2) is 0 Å². The van der Waals surface area contributed by atoms with Crippen LogP contribution in [0.3, 0.4) is 0 Å². The van der Waals surface area contributed by atoms with Crippen molar-refractivity contribution in [3.05, 3.63) is 89.5 Å². The molecule has 3 rings (SSSR count). The van der Waals surface area contributed by atoms with Crippen LogP contribution < -0.4 is 56.5 Å². The third-order valence-electron chi connectivity index (χ3n) is 4.32. The largest absolute Gasteiger partial charge is 1.00 e. The standard InChI is InChI=1S/C20H18O3.K/c1-20(14-2-8-17(21)9-3-14,15-4-10-18(22)11-5-15)16-6-12-19(23)13-7-16;/h2-13,21-23H,1H3;/q;+1/p-1. The van der Waals surface area contributed by atoms with Gasteiger partial charge < -0.3 is 15.3 Å². The second-order valence-electron chi connectivity index (χ2n) is 5.74. The van der Waals surface area contributed by atoms with E-state index in [2.05, 4.69) is 6.92 Å². The van der Waals surface area contributed by atoms with Gasteiger partial charge in [0.1, 0.15) is 11.5 Å². The fourth-order valence-corrected chi connectivity index (χ4v) is 2.88. The van der Waals surface area contributed by atoms with Crippen LogP contribution in [0.4, 0.5) is 0 Å². The van der Waals surface area contributed by atoms with Crippen molar-refractivity contribution in [2.45, 2.75) is 12.3 Å². The van der Waals surface area contributed by atoms with E-state index >= 15 is 0 Å². The van der Waals surface area contributed by atoms with Gasteiger partial charge in [-0.05, 0) is 47.9 Å². The average molecular weight is 344 g/mol. The monoisotopic (exact) mass is 344 g/mol. The minimum atomic E-state index is -0.505. The molecule has 0 aliphatic rings. The third-order valence-corrected chi connectivity index (χ3v) is 4.32. The van der Waals surface area contributed by atoms with Crippen LogP contribution in [0.5, 0.6) is 17.2 Å². The van der Waals surface area contributed by atoms with Crippen molar-refractivity contribution < 1.29 is 66.7 Å². The molecule has 0 aliphatic carbocycles. The van der Waals surface area contributed by atoms with Gasteiger partial charge in [-0.3, -0.25) is 0 Å². The van der Waals surface area contributed by atoms with E-state index in [0.717, 1.165) is 16.7 Å². The van der Waals surface area contributed by atoms with E-state index in [1.54, 1.807) is 36.4 Å². The van der Waals surface area contributed by atoms with Crippen LogP contribution in [0, 0.1) is 0 Å². The van der Waals surface area contributed by atoms with Crippen LogP contribution in [0.15, 0.2) is 72.8 Å². The second kappa shape index (κ2) is 7.72. The maximum atomic E-state index is 11.4. The number of phenolic OH excluding ortho intramolecular Hbond substituents is 2. The molecule has 2 N–H and O–H groups in total. The van der Waals surface area contributed by atoms with E-state index in [1.165, 1.54) is 0 Å². The van der Waals surface area contributed by atoms with Crippen LogP contribution in [0.2, 0.25) is 0 Å². The van der Waals surface area contributed by atoms with Gasteiger partial charge >= 0.3 is 51.4 Å². The molecular weight excluding hydrogens is 327 g/mol. The van der Waals surface area contributed by atoms with Crippen molar-refractivity contribution in [1.82, 2.24) is 0 Å². The van der Waals surface area contributed by atoms with E-state index in [-0.39, 0.29) is 68.6 Å². The molecular formula is C20H17KO3. The van der Waals surface area contributed by atoms with Crippen molar-refractivity contribution in [3.63, 3.8) is 0 Å². The van der Waals surface area contributed by atoms with Gasteiger partial charge in [-0.2, -0.15) is 0 Å². The number of benzene rings is 3. The van der Waals surface area contributed by atoms with Crippen molar-refractivity contribution in [1.29, 1.82) is 0 Å². The molecule has 0 aromatic heterocycles. The number of hydrogen-bond donors (Lipinski definition) is 2. The minimum Gasteiger partial charge on any atom is -0.872 e. The molecule has 0 fully saturated rings. The molecule has 0 saturated heterocycles. The van der Waals surface area contributed by atoms with Gasteiger partial charge in [0, 0.05) is 5.41 Å². The first-order valence-corrected chi connectivity index (χ1v) is 7.37. The van der Waals surface area contributed by atoms with Crippen LogP contribution in [0.25, 0.3) is 0 Å². The summed E-state index contributed by atoms with van der Waals surface area (Å²) in [5, 5.41) is 30.6. The molecule has 0 amide bonds. The summed E-state index contributed by atoms with van der Waals surface area (Å²) in [6.45, 7) is 2.06. The summed E-state index contributed by atoms with van der Waals surface area (Å²) in [6, 6.07) is 20.8. The Hall–Kier alpha value is -1.30. The molecule has 0 heterocycles. The van der Waals surface area contributed by atoms with E-state index in [4.69, 9.17) is 0 Å².